The number of hydrogen-bond acceptors (Lipinski definition) is 3. The van der Waals surface area contributed by atoms with Crippen molar-refractivity contribution in [2.75, 3.05) is 19.8 Å². The van der Waals surface area contributed by atoms with Crippen molar-refractivity contribution in [3.63, 3.8) is 0 Å². The molecule has 0 heterocycles. The molecule has 0 radical (unpaired) electrons. The number of halogens is 2. The fraction of sp³-hybridized carbons (Fsp3) is 1.00. The lowest BCUT2D eigenvalue weighted by atomic mass is 10.3. The molecule has 7 heteroatoms. The average Bonchev–Trinajstić information content (AvgIpc) is 1.98. The topological polar surface area (TPSA) is 66.4 Å². The van der Waals surface area contributed by atoms with Gasteiger partial charge in [-0.1, -0.05) is 0 Å². The Morgan fingerprint density at radius 1 is 1.29 bits per heavy atom. The van der Waals surface area contributed by atoms with Crippen molar-refractivity contribution in [1.29, 1.82) is 0 Å². The molecular weight excluding hydrogens is 216 g/mol. The first-order valence-electron chi connectivity index (χ1n) is 4.15. The SMILES string of the molecule is CNC.O=S(=O)(O)CCCCC(F)F. The smallest absolute Gasteiger partial charge is 0.264 e. The first-order valence-corrected chi connectivity index (χ1v) is 5.76. The minimum Gasteiger partial charge on any atom is -0.323 e. The van der Waals surface area contributed by atoms with Gasteiger partial charge in [0.1, 0.15) is 0 Å². The summed E-state index contributed by atoms with van der Waals surface area (Å²) in [5, 5.41) is 2.75. The molecule has 0 atom stereocenters. The van der Waals surface area contributed by atoms with Crippen molar-refractivity contribution < 1.29 is 21.8 Å². The molecule has 0 fully saturated rings. The Balaban J connectivity index is 0. The van der Waals surface area contributed by atoms with Crippen molar-refractivity contribution in [2.45, 2.75) is 25.7 Å². The highest BCUT2D eigenvalue weighted by Gasteiger charge is 2.06. The van der Waals surface area contributed by atoms with E-state index in [9.17, 15) is 17.2 Å². The van der Waals surface area contributed by atoms with Crippen LogP contribution in [0.25, 0.3) is 0 Å². The van der Waals surface area contributed by atoms with Crippen LogP contribution in [0, 0.1) is 0 Å². The summed E-state index contributed by atoms with van der Waals surface area (Å²) < 4.78 is 51.1. The molecule has 0 aromatic heterocycles. The Morgan fingerprint density at radius 2 is 1.71 bits per heavy atom. The number of rotatable bonds is 5. The molecule has 14 heavy (non-hydrogen) atoms. The molecule has 0 saturated heterocycles. The van der Waals surface area contributed by atoms with Gasteiger partial charge in [-0.05, 0) is 26.9 Å². The summed E-state index contributed by atoms with van der Waals surface area (Å²) in [6.07, 6.45) is -2.49. The normalized spacial score (nSPS) is 11.0. The van der Waals surface area contributed by atoms with Gasteiger partial charge in [-0.25, -0.2) is 8.78 Å². The van der Waals surface area contributed by atoms with Gasteiger partial charge in [-0.15, -0.1) is 0 Å². The summed E-state index contributed by atoms with van der Waals surface area (Å²) in [5.41, 5.74) is 0. The predicted octanol–water partition coefficient (Wildman–Crippen LogP) is 1.15. The second kappa shape index (κ2) is 9.29. The largest absolute Gasteiger partial charge is 0.323 e. The third kappa shape index (κ3) is 22.6. The fourth-order valence-corrected chi connectivity index (χ4v) is 1.15. The Bertz CT molecular complexity index is 207. The lowest BCUT2D eigenvalue weighted by Gasteiger charge is -1.97. The van der Waals surface area contributed by atoms with Gasteiger partial charge in [0.25, 0.3) is 10.1 Å². The molecule has 0 bridgehead atoms. The van der Waals surface area contributed by atoms with Gasteiger partial charge >= 0.3 is 0 Å². The first kappa shape index (κ1) is 16.2. The molecule has 2 N–H and O–H groups in total. The zero-order valence-electron chi connectivity index (χ0n) is 8.33. The van der Waals surface area contributed by atoms with Crippen LogP contribution in [0.15, 0.2) is 0 Å². The van der Waals surface area contributed by atoms with Crippen LogP contribution in [-0.4, -0.2) is 39.2 Å². The van der Waals surface area contributed by atoms with Gasteiger partial charge in [0.2, 0.25) is 6.43 Å². The zero-order chi connectivity index (χ0) is 11.6. The Hall–Kier alpha value is -0.270. The molecule has 0 saturated carbocycles. The molecule has 0 aliphatic carbocycles. The van der Waals surface area contributed by atoms with E-state index in [4.69, 9.17) is 4.55 Å². The number of hydrogen-bond donors (Lipinski definition) is 2. The van der Waals surface area contributed by atoms with E-state index < -0.39 is 22.3 Å². The van der Waals surface area contributed by atoms with E-state index >= 15 is 0 Å². The summed E-state index contributed by atoms with van der Waals surface area (Å²) in [5.74, 6) is -0.431. The molecule has 0 aliphatic heterocycles. The zero-order valence-corrected chi connectivity index (χ0v) is 9.15. The quantitative estimate of drug-likeness (QED) is 0.552. The van der Waals surface area contributed by atoms with E-state index in [1.807, 2.05) is 14.1 Å². The molecule has 0 aliphatic rings. The Kier molecular flexibility index (Phi) is 10.7. The molecule has 0 unspecified atom stereocenters. The molecule has 88 valence electrons. The summed E-state index contributed by atoms with van der Waals surface area (Å²) in [6, 6.07) is 0. The lowest BCUT2D eigenvalue weighted by Crippen LogP contribution is -2.04. The van der Waals surface area contributed by atoms with Crippen molar-refractivity contribution in [3.8, 4) is 0 Å². The Labute approximate surface area is 83.4 Å². The standard InChI is InChI=1S/C5H10F2O3S.C2H7N/c6-5(7)3-1-2-4-11(8,9)10;1-3-2/h5H,1-4H2,(H,8,9,10);3H,1-2H3. The van der Waals surface area contributed by atoms with E-state index in [1.165, 1.54) is 0 Å². The highest BCUT2D eigenvalue weighted by Crippen LogP contribution is 2.05. The van der Waals surface area contributed by atoms with Crippen molar-refractivity contribution in [3.05, 3.63) is 0 Å². The summed E-state index contributed by atoms with van der Waals surface area (Å²) in [6.45, 7) is 0. The van der Waals surface area contributed by atoms with Crippen LogP contribution in [0.1, 0.15) is 19.3 Å². The number of nitrogens with one attached hydrogen (secondary N) is 1. The summed E-state index contributed by atoms with van der Waals surface area (Å²) >= 11 is 0. The number of unbranched alkanes of at least 4 members (excludes halogenated alkanes) is 1. The summed E-state index contributed by atoms with van der Waals surface area (Å²) in [4.78, 5) is 0. The maximum Gasteiger partial charge on any atom is 0.264 e. The highest BCUT2D eigenvalue weighted by molar-refractivity contribution is 7.85. The van der Waals surface area contributed by atoms with Crippen LogP contribution in [0.2, 0.25) is 0 Å². The van der Waals surface area contributed by atoms with Gasteiger partial charge in [0.05, 0.1) is 5.75 Å². The van der Waals surface area contributed by atoms with E-state index in [2.05, 4.69) is 5.32 Å². The minimum atomic E-state index is -3.97. The van der Waals surface area contributed by atoms with Crippen LogP contribution in [-0.2, 0) is 10.1 Å². The summed E-state index contributed by atoms with van der Waals surface area (Å²) in [7, 11) is -0.217. The van der Waals surface area contributed by atoms with Crippen LogP contribution < -0.4 is 5.32 Å². The van der Waals surface area contributed by atoms with Crippen molar-refractivity contribution in [2.24, 2.45) is 0 Å². The molecule has 0 rings (SSSR count). The van der Waals surface area contributed by atoms with Crippen LogP contribution in [0.3, 0.4) is 0 Å². The maximum atomic E-state index is 11.4. The first-order chi connectivity index (χ1) is 6.33. The van der Waals surface area contributed by atoms with Crippen LogP contribution in [0.4, 0.5) is 8.78 Å². The van der Waals surface area contributed by atoms with E-state index in [0.717, 1.165) is 0 Å². The Morgan fingerprint density at radius 3 is 2.00 bits per heavy atom. The van der Waals surface area contributed by atoms with Gasteiger partial charge in [0, 0.05) is 6.42 Å². The average molecular weight is 233 g/mol. The van der Waals surface area contributed by atoms with Gasteiger partial charge in [0.15, 0.2) is 0 Å². The monoisotopic (exact) mass is 233 g/mol. The minimum absolute atomic E-state index is 0.0865. The second-order valence-corrected chi connectivity index (χ2v) is 4.24. The number of alkyl halides is 2. The van der Waals surface area contributed by atoms with Gasteiger partial charge < -0.3 is 5.32 Å². The molecule has 0 spiro atoms. The van der Waals surface area contributed by atoms with Crippen LogP contribution in [0.5, 0.6) is 0 Å². The van der Waals surface area contributed by atoms with Gasteiger partial charge in [-0.2, -0.15) is 8.42 Å². The predicted molar refractivity (Wildman–Crippen MR) is 51.3 cm³/mol. The van der Waals surface area contributed by atoms with Crippen LogP contribution >= 0.6 is 0 Å². The van der Waals surface area contributed by atoms with E-state index in [1.54, 1.807) is 0 Å². The molecule has 4 nitrogen and oxygen atoms in total. The molecule has 0 amide bonds. The second-order valence-electron chi connectivity index (χ2n) is 2.67. The van der Waals surface area contributed by atoms with Gasteiger partial charge in [-0.3, -0.25) is 4.55 Å². The fourth-order valence-electron chi connectivity index (χ4n) is 0.583. The maximum absolute atomic E-state index is 11.4. The highest BCUT2D eigenvalue weighted by atomic mass is 32.2. The molecule has 0 aromatic rings. The molecular formula is C7H17F2NO3S. The van der Waals surface area contributed by atoms with E-state index in [-0.39, 0.29) is 19.3 Å². The van der Waals surface area contributed by atoms with E-state index in [0.29, 0.717) is 0 Å². The van der Waals surface area contributed by atoms with Crippen molar-refractivity contribution >= 4 is 10.1 Å². The van der Waals surface area contributed by atoms with Crippen molar-refractivity contribution in [1.82, 2.24) is 5.32 Å². The molecule has 0 aromatic carbocycles. The lowest BCUT2D eigenvalue weighted by molar-refractivity contribution is 0.134. The third-order valence-corrected chi connectivity index (χ3v) is 1.88. The third-order valence-electron chi connectivity index (χ3n) is 1.07.